The third-order valence-corrected chi connectivity index (χ3v) is 13.2. The number of carbonyl (C=O) groups excluding carboxylic acids is 1. The molecule has 3 nitrogen and oxygen atoms in total. The fourth-order valence-electron chi connectivity index (χ4n) is 5.99. The molecule has 0 bridgehead atoms. The van der Waals surface area contributed by atoms with E-state index in [2.05, 4.69) is 75.1 Å². The van der Waals surface area contributed by atoms with Crippen LogP contribution in [0.1, 0.15) is 69.4 Å². The Bertz CT molecular complexity index is 1270. The predicted molar refractivity (Wildman–Crippen MR) is 166 cm³/mol. The number of benzene rings is 3. The summed E-state index contributed by atoms with van der Waals surface area (Å²) in [7, 11) is -1.09. The molecular weight excluding hydrogens is 496 g/mol. The molecule has 1 fully saturated rings. The van der Waals surface area contributed by atoms with Gasteiger partial charge >= 0.3 is 5.97 Å². The minimum absolute atomic E-state index is 0.00993. The van der Waals surface area contributed by atoms with E-state index in [9.17, 15) is 9.90 Å². The summed E-state index contributed by atoms with van der Waals surface area (Å²) >= 11 is 0. The zero-order valence-corrected chi connectivity index (χ0v) is 25.1. The Hall–Kier alpha value is -3.11. The molecule has 0 spiro atoms. The molecule has 0 aromatic heterocycles. The Kier molecular flexibility index (Phi) is 9.50. The van der Waals surface area contributed by atoms with Gasteiger partial charge in [0.25, 0.3) is 0 Å². The quantitative estimate of drug-likeness (QED) is 0.158. The molecular formula is C35H44O3Si. The van der Waals surface area contributed by atoms with Gasteiger partial charge in [-0.25, -0.2) is 4.79 Å². The highest BCUT2D eigenvalue weighted by molar-refractivity contribution is 6.78. The monoisotopic (exact) mass is 540 g/mol. The predicted octanol–water partition coefficient (Wildman–Crippen LogP) is 9.88. The second kappa shape index (κ2) is 12.8. The van der Waals surface area contributed by atoms with E-state index in [4.69, 9.17) is 4.74 Å². The van der Waals surface area contributed by atoms with E-state index in [0.717, 1.165) is 16.7 Å². The summed E-state index contributed by atoms with van der Waals surface area (Å²) in [5.41, 5.74) is 7.82. The number of phenolic OH excluding ortho intramolecular Hbond substituents is 1. The van der Waals surface area contributed by atoms with Crippen LogP contribution < -0.4 is 0 Å². The van der Waals surface area contributed by atoms with E-state index in [-0.39, 0.29) is 12.4 Å². The number of phenols is 1. The molecule has 1 aliphatic carbocycles. The molecule has 3 aromatic rings. The van der Waals surface area contributed by atoms with E-state index in [1.54, 1.807) is 13.0 Å². The smallest absolute Gasteiger partial charge is 0.333 e. The van der Waals surface area contributed by atoms with E-state index in [1.807, 2.05) is 12.1 Å². The van der Waals surface area contributed by atoms with Crippen LogP contribution >= 0.6 is 0 Å². The lowest BCUT2D eigenvalue weighted by Gasteiger charge is -2.38. The molecule has 0 unspecified atom stereocenters. The number of ether oxygens (including phenoxy) is 1. The van der Waals surface area contributed by atoms with Crippen molar-refractivity contribution in [3.8, 4) is 28.0 Å². The van der Waals surface area contributed by atoms with Gasteiger partial charge in [-0.05, 0) is 71.2 Å². The number of hydrogen-bond acceptors (Lipinski definition) is 3. The number of esters is 1. The molecule has 1 aliphatic rings. The van der Waals surface area contributed by atoms with E-state index < -0.39 is 14.0 Å². The van der Waals surface area contributed by atoms with Gasteiger partial charge < -0.3 is 9.84 Å². The maximum absolute atomic E-state index is 11.7. The molecule has 206 valence electrons. The first-order valence-corrected chi connectivity index (χ1v) is 17.8. The standard InChI is InChI=1S/C35H44O3Si/c1-6-7-22-39(4,5)33-19-16-29(17-20-33)28-10-8-26(9-11-28)27-12-14-30(15-13-27)31-18-21-34(36)32(23-31)24-38-35(37)25(2)3/h8-15,18,21,23,29,33,36H,2,6-7,16-17,19-20,22,24H2,1,3-5H3. The summed E-state index contributed by atoms with van der Waals surface area (Å²) in [6, 6.07) is 24.6. The molecule has 39 heavy (non-hydrogen) atoms. The van der Waals surface area contributed by atoms with Gasteiger partial charge in [-0.1, -0.05) is 113 Å². The molecule has 0 radical (unpaired) electrons. The summed E-state index contributed by atoms with van der Waals surface area (Å²) in [6.45, 7) is 12.8. The van der Waals surface area contributed by atoms with E-state index >= 15 is 0 Å². The lowest BCUT2D eigenvalue weighted by Crippen LogP contribution is -2.34. The molecule has 0 saturated heterocycles. The number of rotatable bonds is 10. The van der Waals surface area contributed by atoms with Gasteiger partial charge in [0.1, 0.15) is 12.4 Å². The summed E-state index contributed by atoms with van der Waals surface area (Å²) in [5, 5.41) is 10.2. The third-order valence-electron chi connectivity index (χ3n) is 8.73. The Morgan fingerprint density at radius 2 is 1.44 bits per heavy atom. The highest BCUT2D eigenvalue weighted by atomic mass is 28.3. The lowest BCUT2D eigenvalue weighted by atomic mass is 9.83. The Morgan fingerprint density at radius 3 is 2.00 bits per heavy atom. The van der Waals surface area contributed by atoms with Gasteiger partial charge in [0, 0.05) is 11.1 Å². The van der Waals surface area contributed by atoms with Crippen molar-refractivity contribution in [2.75, 3.05) is 0 Å². The number of hydrogen-bond donors (Lipinski definition) is 1. The van der Waals surface area contributed by atoms with Crippen LogP contribution in [0.5, 0.6) is 5.75 Å². The van der Waals surface area contributed by atoms with Crippen molar-refractivity contribution < 1.29 is 14.6 Å². The Labute approximate surface area is 236 Å². The molecule has 1 saturated carbocycles. The number of aromatic hydroxyl groups is 1. The Balaban J connectivity index is 1.38. The summed E-state index contributed by atoms with van der Waals surface area (Å²) in [5.74, 6) is 0.351. The van der Waals surface area contributed by atoms with Gasteiger partial charge in [0.05, 0.1) is 8.07 Å². The average Bonchev–Trinajstić information content (AvgIpc) is 2.95. The van der Waals surface area contributed by atoms with Gasteiger partial charge in [0.15, 0.2) is 0 Å². The minimum atomic E-state index is -1.09. The molecule has 0 amide bonds. The fraction of sp³-hybridized carbons (Fsp3) is 0.400. The summed E-state index contributed by atoms with van der Waals surface area (Å²) in [4.78, 5) is 11.7. The average molecular weight is 541 g/mol. The maximum Gasteiger partial charge on any atom is 0.333 e. The van der Waals surface area contributed by atoms with E-state index in [1.165, 1.54) is 61.3 Å². The topological polar surface area (TPSA) is 46.5 Å². The van der Waals surface area contributed by atoms with Gasteiger partial charge in [-0.2, -0.15) is 0 Å². The van der Waals surface area contributed by atoms with Crippen LogP contribution in [-0.4, -0.2) is 19.1 Å². The van der Waals surface area contributed by atoms with Crippen molar-refractivity contribution in [2.24, 2.45) is 0 Å². The van der Waals surface area contributed by atoms with Crippen LogP contribution in [0.3, 0.4) is 0 Å². The van der Waals surface area contributed by atoms with Crippen LogP contribution in [0.2, 0.25) is 24.7 Å². The zero-order chi connectivity index (χ0) is 28.0. The minimum Gasteiger partial charge on any atom is -0.508 e. The van der Waals surface area contributed by atoms with Gasteiger partial charge in [0.2, 0.25) is 0 Å². The zero-order valence-electron chi connectivity index (χ0n) is 24.1. The fourth-order valence-corrected chi connectivity index (χ4v) is 9.56. The SMILES string of the molecule is C=C(C)C(=O)OCc1cc(-c2ccc(-c3ccc(C4CCC([Si](C)(C)CCCC)CC4)cc3)cc2)ccc1O. The molecule has 0 aliphatic heterocycles. The molecule has 4 rings (SSSR count). The lowest BCUT2D eigenvalue weighted by molar-refractivity contribution is -0.140. The first-order chi connectivity index (χ1) is 18.7. The first kappa shape index (κ1) is 28.9. The van der Waals surface area contributed by atoms with Crippen LogP contribution in [0.25, 0.3) is 22.3 Å². The molecule has 0 atom stereocenters. The second-order valence-corrected chi connectivity index (χ2v) is 17.3. The van der Waals surface area contributed by atoms with Crippen LogP contribution in [0.4, 0.5) is 0 Å². The van der Waals surface area contributed by atoms with Crippen molar-refractivity contribution in [1.82, 2.24) is 0 Å². The van der Waals surface area contributed by atoms with Crippen molar-refractivity contribution >= 4 is 14.0 Å². The van der Waals surface area contributed by atoms with E-state index in [0.29, 0.717) is 17.1 Å². The first-order valence-electron chi connectivity index (χ1n) is 14.5. The van der Waals surface area contributed by atoms with Crippen molar-refractivity contribution in [2.45, 2.75) is 89.6 Å². The number of unbranched alkanes of at least 4 members (excludes halogenated alkanes) is 1. The third kappa shape index (κ3) is 7.30. The van der Waals surface area contributed by atoms with Crippen molar-refractivity contribution in [3.63, 3.8) is 0 Å². The van der Waals surface area contributed by atoms with Gasteiger partial charge in [-0.3, -0.25) is 0 Å². The molecule has 3 aromatic carbocycles. The van der Waals surface area contributed by atoms with Gasteiger partial charge in [-0.15, -0.1) is 0 Å². The van der Waals surface area contributed by atoms with Crippen LogP contribution in [0, 0.1) is 0 Å². The summed E-state index contributed by atoms with van der Waals surface area (Å²) < 4.78 is 5.23. The van der Waals surface area contributed by atoms with Crippen molar-refractivity contribution in [3.05, 3.63) is 90.0 Å². The molecule has 1 N–H and O–H groups in total. The highest BCUT2D eigenvalue weighted by Crippen LogP contribution is 2.45. The second-order valence-electron chi connectivity index (χ2n) is 12.0. The summed E-state index contributed by atoms with van der Waals surface area (Å²) in [6.07, 6.45) is 8.22. The van der Waals surface area contributed by atoms with Crippen LogP contribution in [-0.2, 0) is 16.1 Å². The molecule has 4 heteroatoms. The molecule has 0 heterocycles. The number of carbonyl (C=O) groups is 1. The normalized spacial score (nSPS) is 17.5. The highest BCUT2D eigenvalue weighted by Gasteiger charge is 2.34. The maximum atomic E-state index is 11.7. The van der Waals surface area contributed by atoms with Crippen LogP contribution in [0.15, 0.2) is 78.9 Å². The van der Waals surface area contributed by atoms with Crippen molar-refractivity contribution in [1.29, 1.82) is 0 Å². The largest absolute Gasteiger partial charge is 0.508 e. The Morgan fingerprint density at radius 1 is 0.897 bits per heavy atom.